The van der Waals surface area contributed by atoms with Crippen molar-refractivity contribution in [1.82, 2.24) is 0 Å². The van der Waals surface area contributed by atoms with Crippen LogP contribution in [-0.2, 0) is 19.1 Å². The van der Waals surface area contributed by atoms with Gasteiger partial charge in [0.15, 0.2) is 0 Å². The maximum absolute atomic E-state index is 16.2. The van der Waals surface area contributed by atoms with Crippen LogP contribution in [0.1, 0.15) is 39.2 Å². The first-order valence-corrected chi connectivity index (χ1v) is 8.40. The molecule has 0 aromatic heterocycles. The van der Waals surface area contributed by atoms with Gasteiger partial charge in [0.1, 0.15) is 17.4 Å². The Balaban J connectivity index is 2.71. The Bertz CT molecular complexity index is 804. The summed E-state index contributed by atoms with van der Waals surface area (Å²) >= 11 is 0. The van der Waals surface area contributed by atoms with Crippen LogP contribution >= 0.6 is 0 Å². The summed E-state index contributed by atoms with van der Waals surface area (Å²) < 4.78 is 31.5. The van der Waals surface area contributed by atoms with Gasteiger partial charge in [0.25, 0.3) is 0 Å². The molecule has 0 aliphatic carbocycles. The topological polar surface area (TPSA) is 112 Å². The molecule has 2 N–H and O–H groups in total. The number of esters is 2. The SMILES string of the molecule is CC(C)OC(=O)C(F)(C(=O)OC(C)C)[C@H]1C(C#N)=C(N)Oc2ccccc21. The quantitative estimate of drug-likeness (QED) is 0.620. The molecule has 8 heteroatoms. The normalized spacial score (nSPS) is 16.4. The molecular formula is C19H21FN2O5. The first kappa shape index (κ1) is 20.2. The summed E-state index contributed by atoms with van der Waals surface area (Å²) in [5, 5.41) is 9.51. The van der Waals surface area contributed by atoms with E-state index >= 15 is 4.39 Å². The van der Waals surface area contributed by atoms with Gasteiger partial charge < -0.3 is 19.9 Å². The molecule has 27 heavy (non-hydrogen) atoms. The van der Waals surface area contributed by atoms with Gasteiger partial charge in [-0.3, -0.25) is 0 Å². The highest BCUT2D eigenvalue weighted by molar-refractivity contribution is 6.06. The van der Waals surface area contributed by atoms with Crippen molar-refractivity contribution in [2.45, 2.75) is 51.5 Å². The number of fused-ring (bicyclic) bond motifs is 1. The van der Waals surface area contributed by atoms with Crippen LogP contribution in [0.5, 0.6) is 5.75 Å². The van der Waals surface area contributed by atoms with Gasteiger partial charge in [-0.1, -0.05) is 18.2 Å². The summed E-state index contributed by atoms with van der Waals surface area (Å²) in [5.74, 6) is -4.82. The van der Waals surface area contributed by atoms with Crippen molar-refractivity contribution in [1.29, 1.82) is 5.26 Å². The number of carbonyl (C=O) groups is 2. The largest absolute Gasteiger partial charge is 0.460 e. The fourth-order valence-electron chi connectivity index (χ4n) is 2.73. The first-order chi connectivity index (χ1) is 12.6. The number of hydrogen-bond donors (Lipinski definition) is 1. The van der Waals surface area contributed by atoms with Crippen LogP contribution in [0.4, 0.5) is 4.39 Å². The molecule has 0 radical (unpaired) electrons. The Kier molecular flexibility index (Phi) is 5.74. The van der Waals surface area contributed by atoms with Crippen LogP contribution in [0.2, 0.25) is 0 Å². The van der Waals surface area contributed by atoms with Gasteiger partial charge in [-0.15, -0.1) is 0 Å². The second-order valence-corrected chi connectivity index (χ2v) is 6.58. The van der Waals surface area contributed by atoms with Crippen LogP contribution < -0.4 is 10.5 Å². The van der Waals surface area contributed by atoms with E-state index in [0.29, 0.717) is 0 Å². The molecule has 1 aliphatic rings. The molecule has 1 heterocycles. The van der Waals surface area contributed by atoms with Crippen LogP contribution in [0, 0.1) is 11.3 Å². The molecule has 144 valence electrons. The predicted octanol–water partition coefficient (Wildman–Crippen LogP) is 2.47. The van der Waals surface area contributed by atoms with Crippen LogP contribution in [0.15, 0.2) is 35.7 Å². The lowest BCUT2D eigenvalue weighted by Gasteiger charge is -2.34. The van der Waals surface area contributed by atoms with E-state index in [9.17, 15) is 14.9 Å². The number of nitrogens with two attached hydrogens (primary N) is 1. The molecule has 1 atom stereocenters. The zero-order valence-corrected chi connectivity index (χ0v) is 15.5. The van der Waals surface area contributed by atoms with Gasteiger partial charge >= 0.3 is 17.6 Å². The number of nitriles is 1. The summed E-state index contributed by atoms with van der Waals surface area (Å²) in [7, 11) is 0. The molecule has 0 spiro atoms. The summed E-state index contributed by atoms with van der Waals surface area (Å²) in [6.45, 7) is 6.05. The van der Waals surface area contributed by atoms with Gasteiger partial charge in [-0.25, -0.2) is 14.0 Å². The maximum atomic E-state index is 16.2. The number of alkyl halides is 1. The molecule has 7 nitrogen and oxygen atoms in total. The van der Waals surface area contributed by atoms with E-state index in [1.54, 1.807) is 18.2 Å². The summed E-state index contributed by atoms with van der Waals surface area (Å²) in [6.07, 6.45) is -1.39. The Morgan fingerprint density at radius 2 is 1.70 bits per heavy atom. The summed E-state index contributed by atoms with van der Waals surface area (Å²) in [5.41, 5.74) is 2.17. The van der Waals surface area contributed by atoms with Crippen molar-refractivity contribution in [3.05, 3.63) is 41.3 Å². The van der Waals surface area contributed by atoms with E-state index in [-0.39, 0.29) is 11.3 Å². The number of rotatable bonds is 5. The monoisotopic (exact) mass is 376 g/mol. The van der Waals surface area contributed by atoms with Gasteiger partial charge in [-0.05, 0) is 33.8 Å². The minimum Gasteiger partial charge on any atom is -0.460 e. The number of halogens is 1. The average Bonchev–Trinajstić information content (AvgIpc) is 2.58. The second kappa shape index (κ2) is 7.66. The molecule has 1 aromatic carbocycles. The zero-order chi connectivity index (χ0) is 20.4. The van der Waals surface area contributed by atoms with Crippen molar-refractivity contribution < 1.29 is 28.2 Å². The number of nitrogens with zero attached hydrogens (tertiary/aromatic N) is 1. The molecule has 0 saturated carbocycles. The molecule has 1 aromatic rings. The predicted molar refractivity (Wildman–Crippen MR) is 92.9 cm³/mol. The molecule has 1 aliphatic heterocycles. The van der Waals surface area contributed by atoms with Crippen LogP contribution in [-0.4, -0.2) is 29.8 Å². The van der Waals surface area contributed by atoms with Crippen molar-refractivity contribution in [2.24, 2.45) is 5.73 Å². The third-order valence-electron chi connectivity index (χ3n) is 3.80. The van der Waals surface area contributed by atoms with E-state index in [2.05, 4.69) is 0 Å². The highest BCUT2D eigenvalue weighted by atomic mass is 19.1. The van der Waals surface area contributed by atoms with Crippen molar-refractivity contribution in [3.8, 4) is 11.8 Å². The number of ether oxygens (including phenoxy) is 3. The Hall–Kier alpha value is -3.08. The lowest BCUT2D eigenvalue weighted by Crippen LogP contribution is -2.52. The summed E-state index contributed by atoms with van der Waals surface area (Å²) in [6, 6.07) is 7.85. The van der Waals surface area contributed by atoms with E-state index in [1.165, 1.54) is 39.8 Å². The fraction of sp³-hybridized carbons (Fsp3) is 0.421. The lowest BCUT2D eigenvalue weighted by atomic mass is 9.77. The first-order valence-electron chi connectivity index (χ1n) is 8.40. The lowest BCUT2D eigenvalue weighted by molar-refractivity contribution is -0.180. The standard InChI is InChI=1S/C19H21FN2O5/c1-10(2)25-17(23)19(20,18(24)26-11(3)4)15-12-7-5-6-8-14(12)27-16(22)13(15)9-21/h5-8,10-11,15H,22H2,1-4H3/t15-/m1/s1. The van der Waals surface area contributed by atoms with Gasteiger partial charge in [-0.2, -0.15) is 5.26 Å². The zero-order valence-electron chi connectivity index (χ0n) is 15.5. The molecule has 0 amide bonds. The molecule has 0 bridgehead atoms. The molecular weight excluding hydrogens is 355 g/mol. The fourth-order valence-corrected chi connectivity index (χ4v) is 2.73. The second-order valence-electron chi connectivity index (χ2n) is 6.58. The van der Waals surface area contributed by atoms with Crippen molar-refractivity contribution in [2.75, 3.05) is 0 Å². The highest BCUT2D eigenvalue weighted by Crippen LogP contribution is 2.47. The number of allylic oxidation sites excluding steroid dienone is 1. The van der Waals surface area contributed by atoms with E-state index < -0.39 is 47.2 Å². The Morgan fingerprint density at radius 1 is 1.19 bits per heavy atom. The highest BCUT2D eigenvalue weighted by Gasteiger charge is 2.61. The third kappa shape index (κ3) is 3.72. The smallest absolute Gasteiger partial charge is 0.357 e. The van der Waals surface area contributed by atoms with Gasteiger partial charge in [0.2, 0.25) is 5.88 Å². The number of benzene rings is 1. The maximum Gasteiger partial charge on any atom is 0.357 e. The van der Waals surface area contributed by atoms with Crippen molar-refractivity contribution in [3.63, 3.8) is 0 Å². The molecule has 2 rings (SSSR count). The molecule has 0 fully saturated rings. The van der Waals surface area contributed by atoms with Crippen molar-refractivity contribution >= 4 is 11.9 Å². The average molecular weight is 376 g/mol. The van der Waals surface area contributed by atoms with E-state index in [0.717, 1.165) is 0 Å². The van der Waals surface area contributed by atoms with Crippen LogP contribution in [0.25, 0.3) is 0 Å². The van der Waals surface area contributed by atoms with Crippen LogP contribution in [0.3, 0.4) is 0 Å². The van der Waals surface area contributed by atoms with E-state index in [1.807, 2.05) is 0 Å². The van der Waals surface area contributed by atoms with Gasteiger partial charge in [0, 0.05) is 5.56 Å². The molecule has 0 saturated heterocycles. The number of para-hydroxylation sites is 1. The Labute approximate surface area is 156 Å². The minimum absolute atomic E-state index is 0.118. The summed E-state index contributed by atoms with van der Waals surface area (Å²) in [4.78, 5) is 25.3. The minimum atomic E-state index is -3.32. The van der Waals surface area contributed by atoms with E-state index in [4.69, 9.17) is 19.9 Å². The third-order valence-corrected chi connectivity index (χ3v) is 3.80. The number of carbonyl (C=O) groups excluding carboxylic acids is 2. The number of hydrogen-bond acceptors (Lipinski definition) is 7. The Morgan fingerprint density at radius 3 is 2.19 bits per heavy atom. The molecule has 0 unspecified atom stereocenters. The van der Waals surface area contributed by atoms with Gasteiger partial charge in [0.05, 0.1) is 18.1 Å².